The van der Waals surface area contributed by atoms with Crippen LogP contribution in [0.5, 0.6) is 0 Å². The minimum absolute atomic E-state index is 0.0101. The molecule has 1 aliphatic rings. The third kappa shape index (κ3) is 4.80. The van der Waals surface area contributed by atoms with E-state index in [1.54, 1.807) is 31.2 Å². The van der Waals surface area contributed by atoms with E-state index in [0.29, 0.717) is 39.8 Å². The maximum atomic E-state index is 13.8. The summed E-state index contributed by atoms with van der Waals surface area (Å²) in [6.45, 7) is 2.58. The number of rotatable bonds is 8. The van der Waals surface area contributed by atoms with Crippen molar-refractivity contribution in [3.8, 4) is 10.6 Å². The van der Waals surface area contributed by atoms with E-state index in [1.807, 2.05) is 49.3 Å². The second kappa shape index (κ2) is 10.4. The number of carbonyl (C=O) groups excluding carboxylic acids is 3. The van der Waals surface area contributed by atoms with Gasteiger partial charge in [-0.2, -0.15) is 0 Å². The Bertz CT molecular complexity index is 1330. The average molecular weight is 506 g/mol. The summed E-state index contributed by atoms with van der Waals surface area (Å²) in [6, 6.07) is 15.2. The molecule has 1 N–H and O–H groups in total. The third-order valence-corrected chi connectivity index (χ3v) is 7.21. The van der Waals surface area contributed by atoms with Crippen molar-refractivity contribution in [2.45, 2.75) is 13.0 Å². The van der Waals surface area contributed by atoms with Gasteiger partial charge in [-0.25, -0.2) is 9.78 Å². The number of nitrogens with zero attached hydrogens (tertiary/aromatic N) is 3. The zero-order valence-electron chi connectivity index (χ0n) is 20.5. The van der Waals surface area contributed by atoms with E-state index >= 15 is 0 Å². The van der Waals surface area contributed by atoms with Gasteiger partial charge in [0.05, 0.1) is 34.9 Å². The summed E-state index contributed by atoms with van der Waals surface area (Å²) in [4.78, 5) is 47.2. The molecular weight excluding hydrogens is 478 g/mol. The topological polar surface area (TPSA) is 100 Å². The standard InChI is InChI=1S/C27H27N3O5S/c1-16-24(36-25(28-16)18-8-6-5-7-9-18)22(31)20-21(17-10-12-19(13-11-17)27(34)35-4)30(15-14-29(2)3)26(33)23(20)32/h5-13,21,32H,14-15H2,1-4H3. The lowest BCUT2D eigenvalue weighted by molar-refractivity contribution is -0.129. The zero-order valence-corrected chi connectivity index (χ0v) is 21.3. The number of esters is 1. The lowest BCUT2D eigenvalue weighted by Crippen LogP contribution is -2.36. The summed E-state index contributed by atoms with van der Waals surface area (Å²) < 4.78 is 4.77. The third-order valence-electron chi connectivity index (χ3n) is 6.01. The lowest BCUT2D eigenvalue weighted by atomic mass is 9.94. The number of ketones is 1. The first kappa shape index (κ1) is 25.3. The van der Waals surface area contributed by atoms with Crippen LogP contribution in [0.15, 0.2) is 65.9 Å². The molecule has 0 saturated carbocycles. The molecule has 0 bridgehead atoms. The van der Waals surface area contributed by atoms with Gasteiger partial charge < -0.3 is 19.6 Å². The van der Waals surface area contributed by atoms with E-state index < -0.39 is 29.5 Å². The minimum Gasteiger partial charge on any atom is -0.503 e. The van der Waals surface area contributed by atoms with Gasteiger partial charge >= 0.3 is 5.97 Å². The van der Waals surface area contributed by atoms with Crippen molar-refractivity contribution in [3.05, 3.63) is 87.6 Å². The quantitative estimate of drug-likeness (QED) is 0.364. The van der Waals surface area contributed by atoms with E-state index in [2.05, 4.69) is 4.98 Å². The number of carbonyl (C=O) groups is 3. The zero-order chi connectivity index (χ0) is 26.0. The molecule has 4 rings (SSSR count). The Morgan fingerprint density at radius 2 is 1.78 bits per heavy atom. The number of likely N-dealkylation sites (N-methyl/N-ethyl adjacent to an activating group) is 1. The summed E-state index contributed by atoms with van der Waals surface area (Å²) in [5.74, 6) is -2.09. The molecule has 0 spiro atoms. The molecule has 3 aromatic rings. The number of Topliss-reactive ketones (excluding diaryl/α,β-unsaturated/α-hetero) is 1. The van der Waals surface area contributed by atoms with Gasteiger partial charge in [0.15, 0.2) is 5.76 Å². The number of benzene rings is 2. The van der Waals surface area contributed by atoms with Crippen LogP contribution in [0.3, 0.4) is 0 Å². The molecule has 9 heteroatoms. The van der Waals surface area contributed by atoms with Crippen LogP contribution in [0.4, 0.5) is 0 Å². The average Bonchev–Trinajstić information content (AvgIpc) is 3.39. The molecule has 2 heterocycles. The first-order chi connectivity index (χ1) is 17.2. The van der Waals surface area contributed by atoms with Crippen molar-refractivity contribution in [2.24, 2.45) is 0 Å². The molecule has 1 atom stereocenters. The fourth-order valence-corrected chi connectivity index (χ4v) is 5.15. The van der Waals surface area contributed by atoms with Gasteiger partial charge in [0.2, 0.25) is 5.78 Å². The van der Waals surface area contributed by atoms with Crippen molar-refractivity contribution in [2.75, 3.05) is 34.3 Å². The summed E-state index contributed by atoms with van der Waals surface area (Å²) in [5.41, 5.74) is 2.37. The number of aromatic nitrogens is 1. The van der Waals surface area contributed by atoms with Crippen LogP contribution in [0.2, 0.25) is 0 Å². The van der Waals surface area contributed by atoms with Crippen LogP contribution in [-0.2, 0) is 9.53 Å². The van der Waals surface area contributed by atoms with Crippen molar-refractivity contribution in [3.63, 3.8) is 0 Å². The molecule has 2 aromatic carbocycles. The first-order valence-electron chi connectivity index (χ1n) is 11.4. The molecule has 0 aliphatic carbocycles. The van der Waals surface area contributed by atoms with Gasteiger partial charge in [0.1, 0.15) is 5.01 Å². The maximum absolute atomic E-state index is 13.8. The Balaban J connectivity index is 1.76. The number of methoxy groups -OCH3 is 1. The molecule has 0 saturated heterocycles. The number of aliphatic hydroxyl groups is 1. The van der Waals surface area contributed by atoms with Crippen LogP contribution in [0.25, 0.3) is 10.6 Å². The van der Waals surface area contributed by atoms with E-state index in [4.69, 9.17) is 4.74 Å². The van der Waals surface area contributed by atoms with Gasteiger partial charge in [0.25, 0.3) is 5.91 Å². The van der Waals surface area contributed by atoms with Crippen molar-refractivity contribution in [1.29, 1.82) is 0 Å². The molecule has 1 unspecified atom stereocenters. The second-order valence-corrected chi connectivity index (χ2v) is 9.71. The van der Waals surface area contributed by atoms with Gasteiger partial charge in [0, 0.05) is 18.7 Å². The Morgan fingerprint density at radius 1 is 1.11 bits per heavy atom. The molecule has 186 valence electrons. The lowest BCUT2D eigenvalue weighted by Gasteiger charge is -2.28. The molecule has 8 nitrogen and oxygen atoms in total. The summed E-state index contributed by atoms with van der Waals surface area (Å²) in [5, 5.41) is 11.6. The van der Waals surface area contributed by atoms with Crippen LogP contribution in [0.1, 0.15) is 37.3 Å². The van der Waals surface area contributed by atoms with Crippen LogP contribution in [0, 0.1) is 6.92 Å². The van der Waals surface area contributed by atoms with Crippen LogP contribution < -0.4 is 0 Å². The first-order valence-corrected chi connectivity index (χ1v) is 12.2. The number of ether oxygens (including phenoxy) is 1. The minimum atomic E-state index is -0.807. The van der Waals surface area contributed by atoms with Crippen molar-refractivity contribution < 1.29 is 24.2 Å². The van der Waals surface area contributed by atoms with Gasteiger partial charge in [-0.3, -0.25) is 9.59 Å². The Morgan fingerprint density at radius 3 is 2.39 bits per heavy atom. The number of hydrogen-bond donors (Lipinski definition) is 1. The molecule has 36 heavy (non-hydrogen) atoms. The highest BCUT2D eigenvalue weighted by molar-refractivity contribution is 7.17. The van der Waals surface area contributed by atoms with E-state index in [1.165, 1.54) is 23.3 Å². The second-order valence-electron chi connectivity index (χ2n) is 8.71. The highest BCUT2D eigenvalue weighted by Gasteiger charge is 2.44. The number of aliphatic hydroxyl groups excluding tert-OH is 1. The molecular formula is C27H27N3O5S. The number of thiazole rings is 1. The van der Waals surface area contributed by atoms with Crippen LogP contribution >= 0.6 is 11.3 Å². The largest absolute Gasteiger partial charge is 0.503 e. The summed E-state index contributed by atoms with van der Waals surface area (Å²) >= 11 is 1.23. The molecule has 0 radical (unpaired) electrons. The Kier molecular flexibility index (Phi) is 7.32. The fraction of sp³-hybridized carbons (Fsp3) is 0.259. The van der Waals surface area contributed by atoms with E-state index in [-0.39, 0.29) is 5.57 Å². The highest BCUT2D eigenvalue weighted by Crippen LogP contribution is 2.41. The Hall–Kier alpha value is -3.82. The monoisotopic (exact) mass is 505 g/mol. The Labute approximate surface area is 213 Å². The van der Waals surface area contributed by atoms with Crippen molar-refractivity contribution >= 4 is 29.0 Å². The van der Waals surface area contributed by atoms with Gasteiger partial charge in [-0.15, -0.1) is 11.3 Å². The number of amides is 1. The highest BCUT2D eigenvalue weighted by atomic mass is 32.1. The fourth-order valence-electron chi connectivity index (χ4n) is 4.12. The molecule has 0 fully saturated rings. The van der Waals surface area contributed by atoms with E-state index in [9.17, 15) is 19.5 Å². The predicted molar refractivity (Wildman–Crippen MR) is 137 cm³/mol. The van der Waals surface area contributed by atoms with Gasteiger partial charge in [-0.1, -0.05) is 42.5 Å². The maximum Gasteiger partial charge on any atom is 0.337 e. The number of aryl methyl sites for hydroxylation is 1. The molecule has 1 aliphatic heterocycles. The van der Waals surface area contributed by atoms with Crippen LogP contribution in [-0.4, -0.2) is 71.8 Å². The van der Waals surface area contributed by atoms with Gasteiger partial charge in [-0.05, 0) is 38.7 Å². The molecule has 1 amide bonds. The SMILES string of the molecule is COC(=O)c1ccc(C2C(C(=O)c3sc(-c4ccccc4)nc3C)=C(O)C(=O)N2CCN(C)C)cc1. The normalized spacial score (nSPS) is 15.6. The predicted octanol–water partition coefficient (Wildman–Crippen LogP) is 4.05. The van der Waals surface area contributed by atoms with Crippen molar-refractivity contribution in [1.82, 2.24) is 14.8 Å². The smallest absolute Gasteiger partial charge is 0.337 e. The summed E-state index contributed by atoms with van der Waals surface area (Å²) in [7, 11) is 5.06. The number of hydrogen-bond acceptors (Lipinski definition) is 8. The van der Waals surface area contributed by atoms with E-state index in [0.717, 1.165) is 5.56 Å². The summed E-state index contributed by atoms with van der Waals surface area (Å²) in [6.07, 6.45) is 0. The molecule has 1 aromatic heterocycles.